The van der Waals surface area contributed by atoms with Crippen LogP contribution in [0.15, 0.2) is 12.1 Å². The number of esters is 1. The average molecular weight is 468 g/mol. The quantitative estimate of drug-likeness (QED) is 0.181. The highest BCUT2D eigenvalue weighted by atomic mass is 19.1. The second-order valence-corrected chi connectivity index (χ2v) is 9.01. The molecule has 1 aromatic carbocycles. The molecule has 0 saturated heterocycles. The van der Waals surface area contributed by atoms with Gasteiger partial charge >= 0.3 is 5.97 Å². The van der Waals surface area contributed by atoms with Crippen LogP contribution in [0, 0.1) is 18.6 Å². The number of halogens is 2. The van der Waals surface area contributed by atoms with E-state index in [4.69, 9.17) is 4.74 Å². The largest absolute Gasteiger partial charge is 0.464 e. The molecule has 188 valence electrons. The normalized spacial score (nSPS) is 11.9. The molecule has 0 spiro atoms. The number of amides is 1. The predicted molar refractivity (Wildman–Crippen MR) is 129 cm³/mol. The Kier molecular flexibility index (Phi) is 15.4. The number of aryl methyl sites for hydroxylation is 1. The minimum atomic E-state index is -0.983. The molecule has 33 heavy (non-hydrogen) atoms. The van der Waals surface area contributed by atoms with Gasteiger partial charge in [-0.05, 0) is 31.9 Å². The van der Waals surface area contributed by atoms with E-state index >= 15 is 0 Å². The van der Waals surface area contributed by atoms with Crippen LogP contribution < -0.4 is 5.32 Å². The molecular formula is C27H43F2NO3. The van der Waals surface area contributed by atoms with E-state index in [0.717, 1.165) is 25.3 Å². The van der Waals surface area contributed by atoms with Crippen LogP contribution in [-0.4, -0.2) is 24.5 Å². The van der Waals surface area contributed by atoms with Gasteiger partial charge in [-0.1, -0.05) is 96.5 Å². The molecule has 0 fully saturated rings. The van der Waals surface area contributed by atoms with Crippen molar-refractivity contribution in [1.82, 2.24) is 5.32 Å². The molecule has 4 nitrogen and oxygen atoms in total. The molecule has 6 heteroatoms. The van der Waals surface area contributed by atoms with Crippen LogP contribution in [-0.2, 0) is 9.53 Å². The zero-order chi connectivity index (χ0) is 24.5. The molecule has 0 bridgehead atoms. The third kappa shape index (κ3) is 12.2. The average Bonchev–Trinajstić information content (AvgIpc) is 2.79. The fraction of sp³-hybridized carbons (Fsp3) is 0.704. The number of carbonyl (C=O) groups excluding carboxylic acids is 2. The van der Waals surface area contributed by atoms with Gasteiger partial charge in [0.2, 0.25) is 0 Å². The van der Waals surface area contributed by atoms with Gasteiger partial charge in [0.25, 0.3) is 5.91 Å². The lowest BCUT2D eigenvalue weighted by atomic mass is 10.0. The first-order valence-corrected chi connectivity index (χ1v) is 12.8. The summed E-state index contributed by atoms with van der Waals surface area (Å²) >= 11 is 0. The molecular weight excluding hydrogens is 424 g/mol. The highest BCUT2D eigenvalue weighted by Crippen LogP contribution is 2.16. The Hall–Kier alpha value is -1.98. The first-order chi connectivity index (χ1) is 15.9. The van der Waals surface area contributed by atoms with Crippen molar-refractivity contribution in [2.45, 2.75) is 117 Å². The van der Waals surface area contributed by atoms with Crippen molar-refractivity contribution in [1.29, 1.82) is 0 Å². The fourth-order valence-electron chi connectivity index (χ4n) is 3.79. The molecule has 0 radical (unpaired) electrons. The summed E-state index contributed by atoms with van der Waals surface area (Å²) in [6.45, 7) is 5.41. The van der Waals surface area contributed by atoms with Crippen LogP contribution in [0.4, 0.5) is 8.78 Å². The van der Waals surface area contributed by atoms with Gasteiger partial charge in [0.15, 0.2) is 0 Å². The lowest BCUT2D eigenvalue weighted by molar-refractivity contribution is -0.145. The van der Waals surface area contributed by atoms with Crippen LogP contribution in [0.3, 0.4) is 0 Å². The maximum Gasteiger partial charge on any atom is 0.328 e. The van der Waals surface area contributed by atoms with Crippen molar-refractivity contribution in [3.05, 3.63) is 34.9 Å². The van der Waals surface area contributed by atoms with E-state index in [1.165, 1.54) is 90.5 Å². The van der Waals surface area contributed by atoms with E-state index in [0.29, 0.717) is 0 Å². The number of ether oxygens (including phenoxy) is 1. The van der Waals surface area contributed by atoms with Gasteiger partial charge in [-0.25, -0.2) is 13.6 Å². The van der Waals surface area contributed by atoms with Crippen LogP contribution in [0.25, 0.3) is 0 Å². The summed E-state index contributed by atoms with van der Waals surface area (Å²) in [4.78, 5) is 24.2. The van der Waals surface area contributed by atoms with Crippen molar-refractivity contribution in [2.75, 3.05) is 6.61 Å². The SMILES string of the molecule is CCCCCCCCCCCCCCCCOC(=O)C(C)NC(=O)c1c(F)ccc(C)c1F. The van der Waals surface area contributed by atoms with Gasteiger partial charge in [0.1, 0.15) is 23.2 Å². The molecule has 1 aromatic rings. The van der Waals surface area contributed by atoms with E-state index in [1.807, 2.05) is 0 Å². The minimum Gasteiger partial charge on any atom is -0.464 e. The van der Waals surface area contributed by atoms with Gasteiger partial charge in [-0.15, -0.1) is 0 Å². The van der Waals surface area contributed by atoms with Crippen molar-refractivity contribution in [3.8, 4) is 0 Å². The number of unbranched alkanes of at least 4 members (excludes halogenated alkanes) is 13. The van der Waals surface area contributed by atoms with E-state index in [-0.39, 0.29) is 12.2 Å². The minimum absolute atomic E-state index is 0.162. The summed E-state index contributed by atoms with van der Waals surface area (Å²) in [6.07, 6.45) is 17.5. The van der Waals surface area contributed by atoms with Crippen LogP contribution >= 0.6 is 0 Å². The third-order valence-electron chi connectivity index (χ3n) is 5.95. The van der Waals surface area contributed by atoms with Crippen molar-refractivity contribution in [2.24, 2.45) is 0 Å². The zero-order valence-electron chi connectivity index (χ0n) is 20.8. The summed E-state index contributed by atoms with van der Waals surface area (Å²) in [7, 11) is 0. The van der Waals surface area contributed by atoms with Crippen molar-refractivity contribution >= 4 is 11.9 Å². The molecule has 1 unspecified atom stereocenters. The van der Waals surface area contributed by atoms with Crippen molar-refractivity contribution < 1.29 is 23.1 Å². The molecule has 1 atom stereocenters. The lowest BCUT2D eigenvalue weighted by Crippen LogP contribution is -2.40. The Balaban J connectivity index is 2.05. The molecule has 1 N–H and O–H groups in total. The predicted octanol–water partition coefficient (Wildman–Crippen LogP) is 7.42. The summed E-state index contributed by atoms with van der Waals surface area (Å²) in [5.74, 6) is -3.45. The third-order valence-corrected chi connectivity index (χ3v) is 5.95. The van der Waals surface area contributed by atoms with Crippen LogP contribution in [0.1, 0.15) is 120 Å². The zero-order valence-corrected chi connectivity index (χ0v) is 20.8. The van der Waals surface area contributed by atoms with E-state index < -0.39 is 35.1 Å². The first kappa shape index (κ1) is 29.1. The molecule has 0 aromatic heterocycles. The smallest absolute Gasteiger partial charge is 0.328 e. The van der Waals surface area contributed by atoms with Gasteiger partial charge in [0.05, 0.1) is 6.61 Å². The molecule has 1 rings (SSSR count). The maximum absolute atomic E-state index is 14.1. The number of hydrogen-bond donors (Lipinski definition) is 1. The Morgan fingerprint density at radius 2 is 1.33 bits per heavy atom. The van der Waals surface area contributed by atoms with Crippen molar-refractivity contribution in [3.63, 3.8) is 0 Å². The van der Waals surface area contributed by atoms with E-state index in [2.05, 4.69) is 12.2 Å². The standard InChI is InChI=1S/C27H43F2NO3/c1-4-5-6-7-8-9-10-11-12-13-14-15-16-17-20-33-27(32)22(3)30-26(31)24-23(28)19-18-21(2)25(24)29/h18-19,22H,4-17,20H2,1-3H3,(H,30,31). The van der Waals surface area contributed by atoms with Crippen LogP contribution in [0.5, 0.6) is 0 Å². The molecule has 0 aliphatic carbocycles. The molecule has 0 saturated carbocycles. The highest BCUT2D eigenvalue weighted by Gasteiger charge is 2.23. The Bertz CT molecular complexity index is 709. The number of nitrogens with one attached hydrogen (secondary N) is 1. The summed E-state index contributed by atoms with van der Waals surface area (Å²) in [6, 6.07) is 1.31. The van der Waals surface area contributed by atoms with E-state index in [1.54, 1.807) is 0 Å². The number of hydrogen-bond acceptors (Lipinski definition) is 3. The van der Waals surface area contributed by atoms with E-state index in [9.17, 15) is 18.4 Å². The Morgan fingerprint density at radius 1 is 0.848 bits per heavy atom. The summed E-state index contributed by atoms with van der Waals surface area (Å²) < 4.78 is 33.1. The lowest BCUT2D eigenvalue weighted by Gasteiger charge is -2.14. The fourth-order valence-corrected chi connectivity index (χ4v) is 3.79. The number of benzene rings is 1. The van der Waals surface area contributed by atoms with Gasteiger partial charge in [-0.2, -0.15) is 0 Å². The maximum atomic E-state index is 14.1. The van der Waals surface area contributed by atoms with Gasteiger partial charge in [-0.3, -0.25) is 4.79 Å². The van der Waals surface area contributed by atoms with Gasteiger partial charge in [0, 0.05) is 0 Å². The second kappa shape index (κ2) is 17.5. The Morgan fingerprint density at radius 3 is 1.85 bits per heavy atom. The van der Waals surface area contributed by atoms with Gasteiger partial charge < -0.3 is 10.1 Å². The number of rotatable bonds is 18. The topological polar surface area (TPSA) is 55.4 Å². The second-order valence-electron chi connectivity index (χ2n) is 9.01. The summed E-state index contributed by atoms with van der Waals surface area (Å²) in [5.41, 5.74) is -0.517. The van der Waals surface area contributed by atoms with Crippen LogP contribution in [0.2, 0.25) is 0 Å². The Labute approximate surface area is 198 Å². The number of carbonyl (C=O) groups is 2. The molecule has 0 aliphatic heterocycles. The monoisotopic (exact) mass is 467 g/mol. The highest BCUT2D eigenvalue weighted by molar-refractivity contribution is 5.97. The first-order valence-electron chi connectivity index (χ1n) is 12.8. The summed E-state index contributed by atoms with van der Waals surface area (Å²) in [5, 5.41) is 2.31. The molecule has 0 heterocycles. The molecule has 1 amide bonds. The molecule has 0 aliphatic rings.